The summed E-state index contributed by atoms with van der Waals surface area (Å²) >= 11 is 5.18. The number of H-pyrrole nitrogens is 1. The summed E-state index contributed by atoms with van der Waals surface area (Å²) in [6.45, 7) is 6.92. The number of non-ortho nitro benzene ring substituents is 1. The molecule has 1 saturated heterocycles. The summed E-state index contributed by atoms with van der Waals surface area (Å²) in [5.41, 5.74) is 0.996. The number of anilines is 1. The van der Waals surface area contributed by atoms with Crippen LogP contribution in [0, 0.1) is 20.8 Å². The van der Waals surface area contributed by atoms with Gasteiger partial charge in [0, 0.05) is 44.7 Å². The molecule has 1 aromatic carbocycles. The average molecular weight is 419 g/mol. The van der Waals surface area contributed by atoms with Gasteiger partial charge in [-0.3, -0.25) is 20.0 Å². The van der Waals surface area contributed by atoms with Crippen LogP contribution >= 0.6 is 12.2 Å². The van der Waals surface area contributed by atoms with Crippen LogP contribution < -0.4 is 10.2 Å². The minimum atomic E-state index is -0.474. The van der Waals surface area contributed by atoms with Crippen molar-refractivity contribution < 1.29 is 9.72 Å². The summed E-state index contributed by atoms with van der Waals surface area (Å²) in [5.74, 6) is 1.09. The van der Waals surface area contributed by atoms with Gasteiger partial charge in [0.1, 0.15) is 5.82 Å². The molecule has 1 fully saturated rings. The zero-order valence-electron chi connectivity index (χ0n) is 16.7. The molecule has 10 heteroatoms. The molecule has 1 aliphatic heterocycles. The molecule has 0 saturated carbocycles. The van der Waals surface area contributed by atoms with E-state index in [0.29, 0.717) is 35.8 Å². The second-order valence-corrected chi connectivity index (χ2v) is 7.71. The van der Waals surface area contributed by atoms with E-state index >= 15 is 0 Å². The van der Waals surface area contributed by atoms with E-state index < -0.39 is 4.92 Å². The predicted molar refractivity (Wildman–Crippen MR) is 113 cm³/mol. The van der Waals surface area contributed by atoms with Crippen molar-refractivity contribution in [3.8, 4) is 0 Å². The van der Waals surface area contributed by atoms with Gasteiger partial charge in [-0.05, 0) is 44.0 Å². The normalized spacial score (nSPS) is 14.8. The van der Waals surface area contributed by atoms with Crippen LogP contribution in [0.4, 0.5) is 11.4 Å². The molecular weight excluding hydrogens is 392 g/mol. The highest BCUT2D eigenvalue weighted by Crippen LogP contribution is 2.29. The Hall–Kier alpha value is -2.75. The molecule has 2 heterocycles. The third kappa shape index (κ3) is 4.81. The van der Waals surface area contributed by atoms with E-state index in [4.69, 9.17) is 12.2 Å². The standard InChI is InChI=1S/C19H26N6O3S/c1-3-24-17(21-22-19(24)29)6-9-20-18(26)15-12-14(25(27)28)4-5-16(15)23-10-7-13(2)8-11-23/h4-5,12-13H,3,6-11H2,1-2H3,(H,20,26)(H,22,29). The number of aromatic nitrogens is 3. The van der Waals surface area contributed by atoms with Crippen LogP contribution in [0.2, 0.25) is 0 Å². The maximum atomic E-state index is 12.9. The Labute approximate surface area is 174 Å². The summed E-state index contributed by atoms with van der Waals surface area (Å²) in [5, 5.41) is 21.0. The topological polar surface area (TPSA) is 109 Å². The number of carbonyl (C=O) groups is 1. The quantitative estimate of drug-likeness (QED) is 0.406. The molecule has 1 aliphatic rings. The summed E-state index contributed by atoms with van der Waals surface area (Å²) in [4.78, 5) is 25.8. The predicted octanol–water partition coefficient (Wildman–Crippen LogP) is 3.08. The highest BCUT2D eigenvalue weighted by atomic mass is 32.1. The first kappa shape index (κ1) is 21.0. The van der Waals surface area contributed by atoms with Crippen molar-refractivity contribution in [3.63, 3.8) is 0 Å². The first-order valence-electron chi connectivity index (χ1n) is 9.86. The molecule has 2 aromatic rings. The van der Waals surface area contributed by atoms with Crippen LogP contribution in [0.3, 0.4) is 0 Å². The number of aromatic amines is 1. The fourth-order valence-corrected chi connectivity index (χ4v) is 3.88. The molecule has 0 bridgehead atoms. The molecule has 0 unspecified atom stereocenters. The highest BCUT2D eigenvalue weighted by molar-refractivity contribution is 7.71. The maximum Gasteiger partial charge on any atom is 0.270 e. The van der Waals surface area contributed by atoms with E-state index in [9.17, 15) is 14.9 Å². The fourth-order valence-electron chi connectivity index (χ4n) is 3.60. The lowest BCUT2D eigenvalue weighted by molar-refractivity contribution is -0.384. The molecule has 3 rings (SSSR count). The van der Waals surface area contributed by atoms with Crippen molar-refractivity contribution in [2.45, 2.75) is 39.7 Å². The van der Waals surface area contributed by atoms with Crippen molar-refractivity contribution in [2.24, 2.45) is 5.92 Å². The summed E-state index contributed by atoms with van der Waals surface area (Å²) in [6, 6.07) is 4.51. The molecule has 1 amide bonds. The van der Waals surface area contributed by atoms with E-state index in [1.807, 2.05) is 11.5 Å². The number of carbonyl (C=O) groups excluding carboxylic acids is 1. The third-order valence-electron chi connectivity index (χ3n) is 5.35. The number of nitro benzene ring substituents is 1. The SMILES string of the molecule is CCn1c(CCNC(=O)c2cc([N+](=O)[O-])ccc2N2CCC(C)CC2)n[nH]c1=S. The van der Waals surface area contributed by atoms with Crippen molar-refractivity contribution >= 4 is 29.5 Å². The second kappa shape index (κ2) is 9.17. The Kier molecular flexibility index (Phi) is 6.63. The molecule has 1 aromatic heterocycles. The van der Waals surface area contributed by atoms with Crippen LogP contribution in [0.5, 0.6) is 0 Å². The summed E-state index contributed by atoms with van der Waals surface area (Å²) in [6.07, 6.45) is 2.59. The fraction of sp³-hybridized carbons (Fsp3) is 0.526. The van der Waals surface area contributed by atoms with Gasteiger partial charge in [-0.15, -0.1) is 0 Å². The van der Waals surface area contributed by atoms with Gasteiger partial charge in [0.2, 0.25) is 0 Å². The smallest absolute Gasteiger partial charge is 0.270 e. The number of nitro groups is 1. The minimum Gasteiger partial charge on any atom is -0.371 e. The monoisotopic (exact) mass is 418 g/mol. The van der Waals surface area contributed by atoms with Gasteiger partial charge in [0.15, 0.2) is 4.77 Å². The van der Waals surface area contributed by atoms with Gasteiger partial charge in [0.25, 0.3) is 11.6 Å². The van der Waals surface area contributed by atoms with Gasteiger partial charge in [-0.25, -0.2) is 0 Å². The van der Waals surface area contributed by atoms with Crippen molar-refractivity contribution in [2.75, 3.05) is 24.5 Å². The number of benzene rings is 1. The van der Waals surface area contributed by atoms with E-state index in [1.165, 1.54) is 12.1 Å². The summed E-state index contributed by atoms with van der Waals surface area (Å²) in [7, 11) is 0. The summed E-state index contributed by atoms with van der Waals surface area (Å²) < 4.78 is 2.42. The van der Waals surface area contributed by atoms with Gasteiger partial charge in [0.05, 0.1) is 16.2 Å². The van der Waals surface area contributed by atoms with Crippen LogP contribution in [0.25, 0.3) is 0 Å². The van der Waals surface area contributed by atoms with Gasteiger partial charge >= 0.3 is 0 Å². The van der Waals surface area contributed by atoms with E-state index in [-0.39, 0.29) is 11.6 Å². The Morgan fingerprint density at radius 2 is 2.14 bits per heavy atom. The van der Waals surface area contributed by atoms with Crippen molar-refractivity contribution in [3.05, 3.63) is 44.5 Å². The Bertz CT molecular complexity index is 946. The van der Waals surface area contributed by atoms with E-state index in [0.717, 1.165) is 37.4 Å². The van der Waals surface area contributed by atoms with Crippen LogP contribution in [-0.4, -0.2) is 45.2 Å². The second-order valence-electron chi connectivity index (χ2n) is 7.32. The molecule has 0 aliphatic carbocycles. The largest absolute Gasteiger partial charge is 0.371 e. The highest BCUT2D eigenvalue weighted by Gasteiger charge is 2.23. The number of piperidine rings is 1. The Morgan fingerprint density at radius 1 is 1.41 bits per heavy atom. The molecule has 0 atom stereocenters. The number of rotatable bonds is 7. The van der Waals surface area contributed by atoms with Gasteiger partial charge in [-0.2, -0.15) is 5.10 Å². The number of nitrogens with one attached hydrogen (secondary N) is 2. The van der Waals surface area contributed by atoms with Crippen LogP contribution in [0.15, 0.2) is 18.2 Å². The molecule has 0 spiro atoms. The van der Waals surface area contributed by atoms with Crippen molar-refractivity contribution in [1.29, 1.82) is 0 Å². The van der Waals surface area contributed by atoms with Crippen LogP contribution in [0.1, 0.15) is 42.9 Å². The van der Waals surface area contributed by atoms with Gasteiger partial charge in [-0.1, -0.05) is 6.92 Å². The molecule has 9 nitrogen and oxygen atoms in total. The molecular formula is C19H26N6O3S. The maximum absolute atomic E-state index is 12.9. The number of amides is 1. The third-order valence-corrected chi connectivity index (χ3v) is 5.66. The Balaban J connectivity index is 1.75. The van der Waals surface area contributed by atoms with Crippen molar-refractivity contribution in [1.82, 2.24) is 20.1 Å². The molecule has 156 valence electrons. The van der Waals surface area contributed by atoms with E-state index in [1.54, 1.807) is 6.07 Å². The zero-order valence-corrected chi connectivity index (χ0v) is 17.5. The average Bonchev–Trinajstić information content (AvgIpc) is 3.07. The Morgan fingerprint density at radius 3 is 2.79 bits per heavy atom. The molecule has 29 heavy (non-hydrogen) atoms. The van der Waals surface area contributed by atoms with Gasteiger partial charge < -0.3 is 14.8 Å². The first-order chi connectivity index (χ1) is 13.9. The van der Waals surface area contributed by atoms with E-state index in [2.05, 4.69) is 27.3 Å². The molecule has 0 radical (unpaired) electrons. The lowest BCUT2D eigenvalue weighted by Gasteiger charge is -2.33. The van der Waals surface area contributed by atoms with Crippen LogP contribution in [-0.2, 0) is 13.0 Å². The number of hydrogen-bond donors (Lipinski definition) is 2. The number of hydrogen-bond acceptors (Lipinski definition) is 6. The zero-order chi connectivity index (χ0) is 21.0. The minimum absolute atomic E-state index is 0.0869. The lowest BCUT2D eigenvalue weighted by atomic mass is 9.98. The lowest BCUT2D eigenvalue weighted by Crippen LogP contribution is -2.35. The first-order valence-corrected chi connectivity index (χ1v) is 10.3. The number of nitrogens with zero attached hydrogens (tertiary/aromatic N) is 4. The molecule has 2 N–H and O–H groups in total.